The fourth-order valence-electron chi connectivity index (χ4n) is 3.72. The summed E-state index contributed by atoms with van der Waals surface area (Å²) in [6.45, 7) is 1.47. The minimum absolute atomic E-state index is 0.338. The van der Waals surface area contributed by atoms with Gasteiger partial charge in [-0.05, 0) is 42.0 Å². The zero-order chi connectivity index (χ0) is 24.7. The van der Waals surface area contributed by atoms with E-state index in [1.807, 2.05) is 53.3 Å². The summed E-state index contributed by atoms with van der Waals surface area (Å²) >= 11 is 0. The number of amides is 2. The molecular weight excluding hydrogens is 458 g/mol. The smallest absolute Gasteiger partial charge is 0.269 e. The van der Waals surface area contributed by atoms with E-state index in [0.717, 1.165) is 16.7 Å². The normalized spacial score (nSPS) is 12.3. The number of ether oxygens (including phenoxy) is 2. The van der Waals surface area contributed by atoms with Crippen LogP contribution in [0.15, 0.2) is 85.3 Å². The highest BCUT2D eigenvalue weighted by atomic mass is 16.6. The summed E-state index contributed by atoms with van der Waals surface area (Å²) in [6.07, 6.45) is 8.28. The highest BCUT2D eigenvalue weighted by molar-refractivity contribution is 5.98. The summed E-state index contributed by atoms with van der Waals surface area (Å²) in [5.41, 5.74) is 8.52. The molecule has 0 aliphatic carbocycles. The summed E-state index contributed by atoms with van der Waals surface area (Å²) in [7, 11) is 0. The van der Waals surface area contributed by atoms with Crippen LogP contribution in [0.2, 0.25) is 0 Å². The monoisotopic (exact) mass is 481 g/mol. The number of carbonyl (C=O) groups excluding carboxylic acids is 2. The molecular formula is C27H23N5O4. The van der Waals surface area contributed by atoms with Gasteiger partial charge in [-0.1, -0.05) is 30.3 Å². The molecule has 0 saturated heterocycles. The fourth-order valence-corrected chi connectivity index (χ4v) is 3.72. The zero-order valence-electron chi connectivity index (χ0n) is 19.3. The molecule has 0 bridgehead atoms. The van der Waals surface area contributed by atoms with Gasteiger partial charge in [0.2, 0.25) is 0 Å². The second-order valence-electron chi connectivity index (χ2n) is 7.99. The second kappa shape index (κ2) is 10.6. The Morgan fingerprint density at radius 3 is 2.61 bits per heavy atom. The predicted molar refractivity (Wildman–Crippen MR) is 133 cm³/mol. The first kappa shape index (κ1) is 22.9. The lowest BCUT2D eigenvalue weighted by molar-refractivity contribution is -0.117. The summed E-state index contributed by atoms with van der Waals surface area (Å²) in [5.74, 6) is 0.117. The number of benzene rings is 2. The quantitative estimate of drug-likeness (QED) is 0.323. The number of carbonyl (C=O) groups is 2. The molecule has 3 heterocycles. The third-order valence-corrected chi connectivity index (χ3v) is 5.43. The van der Waals surface area contributed by atoms with Crippen molar-refractivity contribution in [2.24, 2.45) is 0 Å². The molecule has 0 fully saturated rings. The van der Waals surface area contributed by atoms with Crippen molar-refractivity contribution < 1.29 is 19.1 Å². The Labute approximate surface area is 207 Å². The Balaban J connectivity index is 1.27. The third-order valence-electron chi connectivity index (χ3n) is 5.43. The van der Waals surface area contributed by atoms with Crippen molar-refractivity contribution in [1.82, 2.24) is 25.6 Å². The maximum atomic E-state index is 12.5. The van der Waals surface area contributed by atoms with E-state index < -0.39 is 11.8 Å². The van der Waals surface area contributed by atoms with Crippen molar-refractivity contribution >= 4 is 17.9 Å². The Morgan fingerprint density at radius 2 is 1.81 bits per heavy atom. The average Bonchev–Trinajstić information content (AvgIpc) is 3.33. The molecule has 36 heavy (non-hydrogen) atoms. The van der Waals surface area contributed by atoms with Gasteiger partial charge in [-0.3, -0.25) is 30.1 Å². The molecule has 4 aromatic rings. The number of nitrogens with one attached hydrogen (secondary N) is 2. The fraction of sp³-hybridized carbons (Fsp3) is 0.111. The molecule has 2 amide bonds. The molecule has 2 N–H and O–H groups in total. The van der Waals surface area contributed by atoms with Gasteiger partial charge in [0, 0.05) is 41.4 Å². The first-order valence-electron chi connectivity index (χ1n) is 11.4. The Kier molecular flexibility index (Phi) is 6.70. The first-order chi connectivity index (χ1) is 17.7. The summed E-state index contributed by atoms with van der Waals surface area (Å²) < 4.78 is 12.8. The van der Waals surface area contributed by atoms with Gasteiger partial charge in [0.05, 0.1) is 6.54 Å². The largest absolute Gasteiger partial charge is 0.486 e. The molecule has 9 heteroatoms. The maximum Gasteiger partial charge on any atom is 0.269 e. The topological polar surface area (TPSA) is 107 Å². The molecule has 5 rings (SSSR count). The molecule has 1 aliphatic heterocycles. The minimum atomic E-state index is -0.492. The van der Waals surface area contributed by atoms with E-state index in [1.165, 1.54) is 6.08 Å². The van der Waals surface area contributed by atoms with Crippen LogP contribution in [0.25, 0.3) is 17.3 Å². The number of fused-ring (bicyclic) bond motifs is 1. The molecule has 180 valence electrons. The minimum Gasteiger partial charge on any atom is -0.486 e. The molecule has 0 atom stereocenters. The Bertz CT molecular complexity index is 1400. The molecule has 0 spiro atoms. The van der Waals surface area contributed by atoms with Crippen molar-refractivity contribution in [2.75, 3.05) is 13.2 Å². The first-order valence-corrected chi connectivity index (χ1v) is 11.4. The van der Waals surface area contributed by atoms with Crippen molar-refractivity contribution in [3.05, 3.63) is 102 Å². The van der Waals surface area contributed by atoms with Crippen LogP contribution in [0, 0.1) is 0 Å². The van der Waals surface area contributed by atoms with E-state index in [2.05, 4.69) is 15.8 Å². The Hall–Kier alpha value is -4.92. The van der Waals surface area contributed by atoms with Gasteiger partial charge < -0.3 is 9.47 Å². The summed E-state index contributed by atoms with van der Waals surface area (Å²) in [5, 5.41) is 4.70. The van der Waals surface area contributed by atoms with Gasteiger partial charge in [-0.2, -0.15) is 5.10 Å². The van der Waals surface area contributed by atoms with Gasteiger partial charge in [0.1, 0.15) is 18.9 Å². The van der Waals surface area contributed by atoms with Crippen LogP contribution in [-0.2, 0) is 11.3 Å². The van der Waals surface area contributed by atoms with E-state index in [9.17, 15) is 9.59 Å². The summed E-state index contributed by atoms with van der Waals surface area (Å²) in [6, 6.07) is 18.6. The van der Waals surface area contributed by atoms with E-state index in [0.29, 0.717) is 42.5 Å². The molecule has 1 aliphatic rings. The molecule has 0 radical (unpaired) electrons. The maximum absolute atomic E-state index is 12.5. The lowest BCUT2D eigenvalue weighted by atomic mass is 10.1. The standard InChI is InChI=1S/C27H23N5O4/c33-25(29-30-27(34)20-8-10-23-24(15-20)36-14-13-35-23)11-9-22-18-32(17-19-5-2-1-3-6-19)31-26(22)21-7-4-12-28-16-21/h1-12,15-16,18H,13-14,17H2,(H,29,33)(H,30,34)/b11-9+. The molecule has 2 aromatic heterocycles. The number of rotatable bonds is 6. The van der Waals surface area contributed by atoms with Gasteiger partial charge in [-0.25, -0.2) is 0 Å². The van der Waals surface area contributed by atoms with Gasteiger partial charge in [-0.15, -0.1) is 0 Å². The Morgan fingerprint density at radius 1 is 0.972 bits per heavy atom. The number of hydrazine groups is 1. The number of pyridine rings is 1. The number of hydrogen-bond donors (Lipinski definition) is 2. The van der Waals surface area contributed by atoms with Crippen molar-refractivity contribution in [3.8, 4) is 22.8 Å². The van der Waals surface area contributed by atoms with Crippen LogP contribution in [0.4, 0.5) is 0 Å². The molecule has 2 aromatic carbocycles. The van der Waals surface area contributed by atoms with Crippen LogP contribution >= 0.6 is 0 Å². The van der Waals surface area contributed by atoms with Crippen LogP contribution in [0.3, 0.4) is 0 Å². The van der Waals surface area contributed by atoms with Crippen molar-refractivity contribution in [1.29, 1.82) is 0 Å². The van der Waals surface area contributed by atoms with Crippen LogP contribution in [-0.4, -0.2) is 39.8 Å². The number of hydrogen-bond acceptors (Lipinski definition) is 6. The summed E-state index contributed by atoms with van der Waals surface area (Å²) in [4.78, 5) is 29.1. The van der Waals surface area contributed by atoms with Crippen LogP contribution in [0.1, 0.15) is 21.5 Å². The molecule has 0 saturated carbocycles. The van der Waals surface area contributed by atoms with Gasteiger partial charge in [0.25, 0.3) is 11.8 Å². The highest BCUT2D eigenvalue weighted by Gasteiger charge is 2.15. The lowest BCUT2D eigenvalue weighted by Crippen LogP contribution is -2.40. The van der Waals surface area contributed by atoms with E-state index in [4.69, 9.17) is 14.6 Å². The number of nitrogens with zero attached hydrogens (tertiary/aromatic N) is 3. The highest BCUT2D eigenvalue weighted by Crippen LogP contribution is 2.30. The predicted octanol–water partition coefficient (Wildman–Crippen LogP) is 3.24. The van der Waals surface area contributed by atoms with Crippen LogP contribution < -0.4 is 20.3 Å². The SMILES string of the molecule is O=C(/C=C/c1cn(Cc2ccccc2)nc1-c1cccnc1)NNC(=O)c1ccc2c(c1)OCCO2. The molecule has 0 unspecified atom stereocenters. The van der Waals surface area contributed by atoms with E-state index in [1.54, 1.807) is 36.7 Å². The third kappa shape index (κ3) is 5.41. The van der Waals surface area contributed by atoms with E-state index >= 15 is 0 Å². The average molecular weight is 482 g/mol. The zero-order valence-corrected chi connectivity index (χ0v) is 19.3. The van der Waals surface area contributed by atoms with Gasteiger partial charge in [0.15, 0.2) is 11.5 Å². The second-order valence-corrected chi connectivity index (χ2v) is 7.99. The van der Waals surface area contributed by atoms with Gasteiger partial charge >= 0.3 is 0 Å². The van der Waals surface area contributed by atoms with E-state index in [-0.39, 0.29) is 0 Å². The van der Waals surface area contributed by atoms with Crippen LogP contribution in [0.5, 0.6) is 11.5 Å². The molecule has 9 nitrogen and oxygen atoms in total. The van der Waals surface area contributed by atoms with Crippen molar-refractivity contribution in [2.45, 2.75) is 6.54 Å². The van der Waals surface area contributed by atoms with Crippen molar-refractivity contribution in [3.63, 3.8) is 0 Å². The number of aromatic nitrogens is 3. The lowest BCUT2D eigenvalue weighted by Gasteiger charge is -2.18.